The second kappa shape index (κ2) is 14.8. The minimum atomic E-state index is 0.0447. The van der Waals surface area contributed by atoms with Crippen molar-refractivity contribution in [2.45, 2.75) is 71.1 Å². The summed E-state index contributed by atoms with van der Waals surface area (Å²) in [6, 6.07) is 8.50. The van der Waals surface area contributed by atoms with E-state index in [0.29, 0.717) is 31.0 Å². The molecule has 0 amide bonds. The number of hydrogen-bond donors (Lipinski definition) is 6. The molecule has 4 aromatic rings. The van der Waals surface area contributed by atoms with Gasteiger partial charge in [0.15, 0.2) is 0 Å². The molecule has 12 heteroatoms. The van der Waals surface area contributed by atoms with Crippen LogP contribution >= 0.6 is 0 Å². The van der Waals surface area contributed by atoms with E-state index in [0.717, 1.165) is 106 Å². The molecule has 6 rings (SSSR count). The van der Waals surface area contributed by atoms with Crippen LogP contribution in [0.15, 0.2) is 67.0 Å². The smallest absolute Gasteiger partial charge is 0.208 e. The monoisotopic (exact) mass is 677 g/mol. The molecule has 264 valence electrons. The zero-order valence-corrected chi connectivity index (χ0v) is 29.6. The van der Waals surface area contributed by atoms with E-state index >= 15 is 0 Å². The zero-order chi connectivity index (χ0) is 35.5. The van der Waals surface area contributed by atoms with Gasteiger partial charge in [-0.2, -0.15) is 5.10 Å². The number of nitrogens with one attached hydrogen (secondary N) is 3. The number of imidazole rings is 2. The third-order valence-electron chi connectivity index (χ3n) is 9.76. The van der Waals surface area contributed by atoms with E-state index in [2.05, 4.69) is 88.0 Å². The lowest BCUT2D eigenvalue weighted by atomic mass is 9.95. The van der Waals surface area contributed by atoms with Crippen LogP contribution in [0.5, 0.6) is 0 Å². The minimum Gasteiger partial charge on any atom is -0.399 e. The summed E-state index contributed by atoms with van der Waals surface area (Å²) in [6.45, 7) is 19.2. The highest BCUT2D eigenvalue weighted by molar-refractivity contribution is 5.88. The molecular formula is C38H51N11O. The molecule has 50 heavy (non-hydrogen) atoms. The number of benzene rings is 2. The van der Waals surface area contributed by atoms with E-state index in [1.54, 1.807) is 0 Å². The third-order valence-corrected chi connectivity index (χ3v) is 9.76. The fraction of sp³-hybridized carbons (Fsp3) is 0.395. The van der Waals surface area contributed by atoms with Gasteiger partial charge in [0.2, 0.25) is 11.9 Å². The number of hydrogen-bond acceptors (Lipinski definition) is 10. The highest BCUT2D eigenvalue weighted by atomic mass is 16.3. The second-order valence-electron chi connectivity index (χ2n) is 13.3. The average Bonchev–Trinajstić information content (AvgIpc) is 3.77. The summed E-state index contributed by atoms with van der Waals surface area (Å²) in [4.78, 5) is 10.1. The molecule has 2 atom stereocenters. The predicted octanol–water partition coefficient (Wildman–Crippen LogP) is 4.77. The summed E-state index contributed by atoms with van der Waals surface area (Å²) in [5.41, 5.74) is 23.3. The maximum absolute atomic E-state index is 9.77. The van der Waals surface area contributed by atoms with Crippen LogP contribution in [0.1, 0.15) is 55.4 Å². The summed E-state index contributed by atoms with van der Waals surface area (Å²) >= 11 is 0. The number of rotatable bonds is 10. The molecular weight excluding hydrogens is 626 g/mol. The Kier molecular flexibility index (Phi) is 10.3. The van der Waals surface area contributed by atoms with Crippen molar-refractivity contribution in [2.24, 2.45) is 16.6 Å². The number of nitrogens with zero attached hydrogens (tertiary/aromatic N) is 6. The van der Waals surface area contributed by atoms with Crippen molar-refractivity contribution in [3.63, 3.8) is 0 Å². The number of anilines is 2. The lowest BCUT2D eigenvalue weighted by Gasteiger charge is -2.25. The van der Waals surface area contributed by atoms with Gasteiger partial charge in [0, 0.05) is 68.5 Å². The standard InChI is InChI=1S/C38H51N11O/c1-7-49-34(18-23(2)46-49)26(5)43-38-45-33-22-30(25(4)40)20-28-11-13-31(42-14-17-50)12-10-27-19-29(24(3)39)21-32-35(27)47(37(41-6)44-32)15-8-9-16-48(38)36(28)33/h8-9,19-22,31,34,42,50H,3-5,7,10-18,39-40H2,1-2,6H3,(H,41,44)(H,43,45)/b9-8+. The first-order valence-electron chi connectivity index (χ1n) is 17.5. The SMILES string of the molecule is C=C(N)c1cc2c3c(c1)nc(NC)n3C/C=C/Cn1c(NC(=C)C3CC(C)=NN3CC)nc3cc(C(=C)N)cc(c31)CCC(NCCO)CC2. The molecule has 2 aliphatic rings. The van der Waals surface area contributed by atoms with E-state index < -0.39 is 0 Å². The van der Waals surface area contributed by atoms with Crippen molar-refractivity contribution in [1.29, 1.82) is 0 Å². The first kappa shape index (κ1) is 34.8. The minimum absolute atomic E-state index is 0.0447. The van der Waals surface area contributed by atoms with Gasteiger partial charge < -0.3 is 41.7 Å². The molecule has 0 bridgehead atoms. The van der Waals surface area contributed by atoms with Gasteiger partial charge in [0.25, 0.3) is 0 Å². The number of allylic oxidation sites excluding steroid dienone is 2. The molecule has 0 aliphatic carbocycles. The van der Waals surface area contributed by atoms with Crippen molar-refractivity contribution >= 4 is 51.1 Å². The Morgan fingerprint density at radius 1 is 0.900 bits per heavy atom. The van der Waals surface area contributed by atoms with Crippen LogP contribution < -0.4 is 27.4 Å². The summed E-state index contributed by atoms with van der Waals surface area (Å²) < 4.78 is 4.46. The van der Waals surface area contributed by atoms with Crippen LogP contribution in [0.2, 0.25) is 0 Å². The van der Waals surface area contributed by atoms with Gasteiger partial charge in [-0.15, -0.1) is 0 Å². The van der Waals surface area contributed by atoms with E-state index in [1.165, 1.54) is 0 Å². The van der Waals surface area contributed by atoms with Crippen molar-refractivity contribution < 1.29 is 5.11 Å². The number of aliphatic hydroxyl groups is 1. The number of nitrogens with two attached hydrogens (primary N) is 2. The first-order chi connectivity index (χ1) is 24.1. The predicted molar refractivity (Wildman–Crippen MR) is 207 cm³/mol. The molecule has 2 unspecified atom stereocenters. The summed E-state index contributed by atoms with van der Waals surface area (Å²) in [6.07, 6.45) is 8.43. The number of aromatic nitrogens is 4. The third kappa shape index (κ3) is 6.99. The van der Waals surface area contributed by atoms with Gasteiger partial charge in [-0.05, 0) is 86.1 Å². The molecule has 0 fully saturated rings. The van der Waals surface area contributed by atoms with Gasteiger partial charge in [-0.1, -0.05) is 31.9 Å². The largest absolute Gasteiger partial charge is 0.399 e. The van der Waals surface area contributed by atoms with Crippen LogP contribution in [0.25, 0.3) is 33.5 Å². The van der Waals surface area contributed by atoms with Gasteiger partial charge in [0.1, 0.15) is 0 Å². The fourth-order valence-electron chi connectivity index (χ4n) is 7.28. The lowest BCUT2D eigenvalue weighted by molar-refractivity contribution is 0.273. The average molecular weight is 678 g/mol. The maximum atomic E-state index is 9.77. The van der Waals surface area contributed by atoms with Crippen LogP contribution in [0.4, 0.5) is 11.9 Å². The molecule has 2 aromatic heterocycles. The molecule has 2 aliphatic heterocycles. The Bertz CT molecular complexity index is 2000. The van der Waals surface area contributed by atoms with Crippen molar-refractivity contribution in [2.75, 3.05) is 37.4 Å². The highest BCUT2D eigenvalue weighted by Gasteiger charge is 2.27. The Hall–Kier alpha value is -5.07. The van der Waals surface area contributed by atoms with E-state index in [4.69, 9.17) is 26.5 Å². The maximum Gasteiger partial charge on any atom is 0.208 e. The normalized spacial score (nSPS) is 18.8. The lowest BCUT2D eigenvalue weighted by Crippen LogP contribution is -2.32. The number of likely N-dealkylation sites (N-methyl/N-ethyl adjacent to an activating group) is 1. The van der Waals surface area contributed by atoms with Crippen LogP contribution in [-0.4, -0.2) is 73.8 Å². The molecule has 12 nitrogen and oxygen atoms in total. The summed E-state index contributed by atoms with van der Waals surface area (Å²) in [7, 11) is 1.89. The fourth-order valence-corrected chi connectivity index (χ4v) is 7.28. The summed E-state index contributed by atoms with van der Waals surface area (Å²) in [5.74, 6) is 1.50. The Morgan fingerprint density at radius 2 is 1.46 bits per heavy atom. The Morgan fingerprint density at radius 3 is 1.98 bits per heavy atom. The highest BCUT2D eigenvalue weighted by Crippen LogP contribution is 2.32. The van der Waals surface area contributed by atoms with Gasteiger partial charge in [-0.25, -0.2) is 9.97 Å². The number of aryl methyl sites for hydroxylation is 2. The van der Waals surface area contributed by atoms with Crippen LogP contribution in [0.3, 0.4) is 0 Å². The van der Waals surface area contributed by atoms with E-state index in [1.807, 2.05) is 19.2 Å². The summed E-state index contributed by atoms with van der Waals surface area (Å²) in [5, 5.41) is 27.0. The number of hydrazone groups is 1. The van der Waals surface area contributed by atoms with Crippen molar-refractivity contribution in [3.8, 4) is 0 Å². The molecule has 4 heterocycles. The molecule has 0 radical (unpaired) electrons. The zero-order valence-electron chi connectivity index (χ0n) is 29.6. The van der Waals surface area contributed by atoms with Crippen LogP contribution in [0, 0.1) is 0 Å². The topological polar surface area (TPSA) is 160 Å². The molecule has 0 saturated heterocycles. The number of aliphatic hydroxyl groups excluding tert-OH is 1. The van der Waals surface area contributed by atoms with Gasteiger partial charge in [0.05, 0.1) is 34.7 Å². The molecule has 8 N–H and O–H groups in total. The van der Waals surface area contributed by atoms with Gasteiger partial charge in [-0.3, -0.25) is 5.01 Å². The van der Waals surface area contributed by atoms with Gasteiger partial charge >= 0.3 is 0 Å². The molecule has 2 aromatic carbocycles. The first-order valence-corrected chi connectivity index (χ1v) is 17.5. The second-order valence-corrected chi connectivity index (χ2v) is 13.3. The Labute approximate surface area is 294 Å². The molecule has 0 spiro atoms. The van der Waals surface area contributed by atoms with E-state index in [-0.39, 0.29) is 18.7 Å². The quantitative estimate of drug-likeness (QED) is 0.130. The van der Waals surface area contributed by atoms with Crippen molar-refractivity contribution in [1.82, 2.24) is 29.4 Å². The Balaban J connectivity index is 1.46. The van der Waals surface area contributed by atoms with E-state index in [9.17, 15) is 5.11 Å². The van der Waals surface area contributed by atoms with Crippen LogP contribution in [-0.2, 0) is 25.9 Å². The molecule has 0 saturated carbocycles. The van der Waals surface area contributed by atoms with Crippen molar-refractivity contribution in [3.05, 3.63) is 84.1 Å².